The van der Waals surface area contributed by atoms with Crippen molar-refractivity contribution in [2.24, 2.45) is 0 Å². The minimum absolute atomic E-state index is 0.263. The molecule has 0 aliphatic rings. The van der Waals surface area contributed by atoms with Crippen LogP contribution in [0, 0.1) is 6.92 Å². The Hall–Kier alpha value is -1.52. The van der Waals surface area contributed by atoms with Crippen LogP contribution in [0.3, 0.4) is 0 Å². The molecule has 0 aliphatic heterocycles. The maximum Gasteiger partial charge on any atom is 0.225 e. The molecule has 0 radical (unpaired) electrons. The predicted molar refractivity (Wildman–Crippen MR) is 85.3 cm³/mol. The number of aryl methyl sites for hydroxylation is 1. The van der Waals surface area contributed by atoms with Gasteiger partial charge in [0, 0.05) is 17.8 Å². The molecule has 0 fully saturated rings. The van der Waals surface area contributed by atoms with Gasteiger partial charge in [0.25, 0.3) is 0 Å². The molecule has 106 valence electrons. The minimum Gasteiger partial charge on any atom is -0.352 e. The minimum atomic E-state index is 0.263. The number of halogens is 2. The molecule has 1 aromatic heterocycles. The van der Waals surface area contributed by atoms with Crippen LogP contribution in [-0.2, 0) is 0 Å². The third-order valence-electron chi connectivity index (χ3n) is 2.49. The summed E-state index contributed by atoms with van der Waals surface area (Å²) in [7, 11) is 0. The fourth-order valence-corrected chi connectivity index (χ4v) is 2.04. The molecule has 0 aliphatic carbocycles. The molecule has 0 spiro atoms. The van der Waals surface area contributed by atoms with E-state index < -0.39 is 0 Å². The van der Waals surface area contributed by atoms with E-state index in [2.05, 4.69) is 20.6 Å². The fourth-order valence-electron chi connectivity index (χ4n) is 1.69. The van der Waals surface area contributed by atoms with E-state index in [0.29, 0.717) is 27.5 Å². The molecule has 0 bridgehead atoms. The van der Waals surface area contributed by atoms with E-state index in [9.17, 15) is 0 Å². The lowest BCUT2D eigenvalue weighted by molar-refractivity contribution is 0.871. The Balaban J connectivity index is 2.29. The highest BCUT2D eigenvalue weighted by Gasteiger charge is 2.07. The molecule has 0 saturated heterocycles. The number of hydrogen-bond acceptors (Lipinski definition) is 4. The zero-order valence-electron chi connectivity index (χ0n) is 11.5. The van der Waals surface area contributed by atoms with Gasteiger partial charge in [-0.2, -0.15) is 4.98 Å². The molecule has 2 aromatic rings. The summed E-state index contributed by atoms with van der Waals surface area (Å²) in [5, 5.41) is 7.31. The van der Waals surface area contributed by atoms with Crippen LogP contribution in [0.15, 0.2) is 24.3 Å². The Morgan fingerprint density at radius 1 is 1.15 bits per heavy atom. The molecule has 6 heteroatoms. The number of nitrogens with zero attached hydrogens (tertiary/aromatic N) is 2. The van der Waals surface area contributed by atoms with Gasteiger partial charge in [-0.05, 0) is 32.9 Å². The average Bonchev–Trinajstić information content (AvgIpc) is 2.33. The standard InChI is InChI=1S/C14H16Cl2N4/c1-8(2)17-14-18-9(3)7-12(20-14)19-11-6-4-5-10(15)13(11)16/h4-8H,1-3H3,(H2,17,18,19,20). The van der Waals surface area contributed by atoms with E-state index in [1.807, 2.05) is 39.0 Å². The zero-order valence-corrected chi connectivity index (χ0v) is 13.0. The van der Waals surface area contributed by atoms with Gasteiger partial charge in [0.2, 0.25) is 5.95 Å². The van der Waals surface area contributed by atoms with Crippen LogP contribution < -0.4 is 10.6 Å². The van der Waals surface area contributed by atoms with Crippen LogP contribution in [0.2, 0.25) is 10.0 Å². The summed E-state index contributed by atoms with van der Waals surface area (Å²) in [6, 6.07) is 7.54. The highest BCUT2D eigenvalue weighted by molar-refractivity contribution is 6.43. The van der Waals surface area contributed by atoms with E-state index in [4.69, 9.17) is 23.2 Å². The normalized spacial score (nSPS) is 10.7. The van der Waals surface area contributed by atoms with Crippen LogP contribution in [-0.4, -0.2) is 16.0 Å². The molecular weight excluding hydrogens is 295 g/mol. The molecule has 2 rings (SSSR count). The summed E-state index contributed by atoms with van der Waals surface area (Å²) in [5.41, 5.74) is 1.58. The molecule has 20 heavy (non-hydrogen) atoms. The lowest BCUT2D eigenvalue weighted by atomic mass is 10.3. The van der Waals surface area contributed by atoms with Gasteiger partial charge < -0.3 is 10.6 Å². The topological polar surface area (TPSA) is 49.8 Å². The summed E-state index contributed by atoms with van der Waals surface area (Å²) in [6.45, 7) is 5.98. The first-order valence-corrected chi connectivity index (χ1v) is 7.04. The summed E-state index contributed by atoms with van der Waals surface area (Å²) in [4.78, 5) is 8.74. The molecule has 0 atom stereocenters. The Bertz CT molecular complexity index is 614. The SMILES string of the molecule is Cc1cc(Nc2cccc(Cl)c2Cl)nc(NC(C)C)n1. The van der Waals surface area contributed by atoms with Gasteiger partial charge in [0.05, 0.1) is 15.7 Å². The first-order valence-electron chi connectivity index (χ1n) is 6.29. The molecule has 0 saturated carbocycles. The van der Waals surface area contributed by atoms with Crippen molar-refractivity contribution in [2.75, 3.05) is 10.6 Å². The Morgan fingerprint density at radius 3 is 2.60 bits per heavy atom. The highest BCUT2D eigenvalue weighted by atomic mass is 35.5. The average molecular weight is 311 g/mol. The summed E-state index contributed by atoms with van der Waals surface area (Å²) in [6.07, 6.45) is 0. The van der Waals surface area contributed by atoms with Crippen LogP contribution in [0.1, 0.15) is 19.5 Å². The van der Waals surface area contributed by atoms with Crippen molar-refractivity contribution in [3.05, 3.63) is 40.0 Å². The summed E-state index contributed by atoms with van der Waals surface area (Å²) in [5.74, 6) is 1.26. The summed E-state index contributed by atoms with van der Waals surface area (Å²) >= 11 is 12.1. The predicted octanol–water partition coefficient (Wildman–Crippen LogP) is 4.66. The molecule has 4 nitrogen and oxygen atoms in total. The van der Waals surface area contributed by atoms with Crippen LogP contribution >= 0.6 is 23.2 Å². The lowest BCUT2D eigenvalue weighted by Gasteiger charge is -2.12. The first kappa shape index (κ1) is 14.9. The monoisotopic (exact) mass is 310 g/mol. The maximum absolute atomic E-state index is 6.15. The van der Waals surface area contributed by atoms with E-state index in [1.54, 1.807) is 6.07 Å². The Morgan fingerprint density at radius 2 is 1.90 bits per heavy atom. The van der Waals surface area contributed by atoms with Gasteiger partial charge >= 0.3 is 0 Å². The van der Waals surface area contributed by atoms with Crippen molar-refractivity contribution < 1.29 is 0 Å². The second kappa shape index (κ2) is 6.29. The molecular formula is C14H16Cl2N4. The van der Waals surface area contributed by atoms with Crippen molar-refractivity contribution in [1.82, 2.24) is 9.97 Å². The van der Waals surface area contributed by atoms with Crippen molar-refractivity contribution in [1.29, 1.82) is 0 Å². The quantitative estimate of drug-likeness (QED) is 0.862. The molecule has 1 aromatic carbocycles. The second-order valence-corrected chi connectivity index (χ2v) is 5.53. The number of hydrogen-bond donors (Lipinski definition) is 2. The number of rotatable bonds is 4. The number of benzene rings is 1. The van der Waals surface area contributed by atoms with Gasteiger partial charge in [0.1, 0.15) is 5.82 Å². The third-order valence-corrected chi connectivity index (χ3v) is 3.31. The van der Waals surface area contributed by atoms with Crippen LogP contribution in [0.25, 0.3) is 0 Å². The first-order chi connectivity index (χ1) is 9.45. The Kier molecular flexibility index (Phi) is 4.68. The van der Waals surface area contributed by atoms with Crippen molar-refractivity contribution >= 4 is 40.7 Å². The van der Waals surface area contributed by atoms with Crippen LogP contribution in [0.4, 0.5) is 17.5 Å². The largest absolute Gasteiger partial charge is 0.352 e. The van der Waals surface area contributed by atoms with Crippen molar-refractivity contribution in [2.45, 2.75) is 26.8 Å². The lowest BCUT2D eigenvalue weighted by Crippen LogP contribution is -2.13. The molecule has 0 unspecified atom stereocenters. The highest BCUT2D eigenvalue weighted by Crippen LogP contribution is 2.31. The van der Waals surface area contributed by atoms with E-state index >= 15 is 0 Å². The zero-order chi connectivity index (χ0) is 14.7. The number of aromatic nitrogens is 2. The van der Waals surface area contributed by atoms with E-state index in [1.165, 1.54) is 0 Å². The van der Waals surface area contributed by atoms with Gasteiger partial charge in [0.15, 0.2) is 0 Å². The molecule has 2 N–H and O–H groups in total. The summed E-state index contributed by atoms with van der Waals surface area (Å²) < 4.78 is 0. The fraction of sp³-hybridized carbons (Fsp3) is 0.286. The van der Waals surface area contributed by atoms with Crippen molar-refractivity contribution in [3.63, 3.8) is 0 Å². The Labute approximate surface area is 128 Å². The van der Waals surface area contributed by atoms with Gasteiger partial charge in [-0.15, -0.1) is 0 Å². The van der Waals surface area contributed by atoms with Gasteiger partial charge in [-0.1, -0.05) is 29.3 Å². The van der Waals surface area contributed by atoms with Crippen LogP contribution in [0.5, 0.6) is 0 Å². The van der Waals surface area contributed by atoms with E-state index in [-0.39, 0.29) is 6.04 Å². The molecule has 1 heterocycles. The van der Waals surface area contributed by atoms with Gasteiger partial charge in [-0.3, -0.25) is 0 Å². The third kappa shape index (κ3) is 3.74. The second-order valence-electron chi connectivity index (χ2n) is 4.74. The number of nitrogens with one attached hydrogen (secondary N) is 2. The molecule has 0 amide bonds. The smallest absolute Gasteiger partial charge is 0.225 e. The number of anilines is 3. The van der Waals surface area contributed by atoms with Crippen molar-refractivity contribution in [3.8, 4) is 0 Å². The van der Waals surface area contributed by atoms with E-state index in [0.717, 1.165) is 5.69 Å². The van der Waals surface area contributed by atoms with Gasteiger partial charge in [-0.25, -0.2) is 4.98 Å². The maximum atomic E-state index is 6.15.